The minimum atomic E-state index is -0.844. The summed E-state index contributed by atoms with van der Waals surface area (Å²) in [5.41, 5.74) is 0. The number of rotatable bonds is 4. The highest BCUT2D eigenvalue weighted by Crippen LogP contribution is 2.61. The van der Waals surface area contributed by atoms with Crippen molar-refractivity contribution < 1.29 is 24.2 Å². The van der Waals surface area contributed by atoms with Gasteiger partial charge in [0.25, 0.3) is 0 Å². The number of nitrogens with zero attached hydrogens (tertiary/aromatic N) is 2. The normalized spacial score (nSPS) is 37.1. The van der Waals surface area contributed by atoms with Gasteiger partial charge < -0.3 is 19.6 Å². The number of aliphatic hydroxyl groups is 1. The Hall–Kier alpha value is -1.80. The van der Waals surface area contributed by atoms with Crippen molar-refractivity contribution in [3.63, 3.8) is 0 Å². The van der Waals surface area contributed by atoms with Gasteiger partial charge >= 0.3 is 5.97 Å². The van der Waals surface area contributed by atoms with Crippen LogP contribution in [0.4, 0.5) is 0 Å². The second kappa shape index (κ2) is 9.34. The highest BCUT2D eigenvalue weighted by molar-refractivity contribution is 8.02. The molecule has 8 heteroatoms. The zero-order valence-corrected chi connectivity index (χ0v) is 20.9. The zero-order chi connectivity index (χ0) is 24.0. The van der Waals surface area contributed by atoms with Crippen LogP contribution in [0.25, 0.3) is 0 Å². The first-order valence-electron chi connectivity index (χ1n) is 12.8. The number of likely N-dealkylation sites (tertiary alicyclic amines) is 1. The van der Waals surface area contributed by atoms with Gasteiger partial charge in [0.05, 0.1) is 35.8 Å². The maximum absolute atomic E-state index is 14.3. The fraction of sp³-hybridized carbons (Fsp3) is 0.731. The minimum Gasteiger partial charge on any atom is -0.465 e. The van der Waals surface area contributed by atoms with E-state index in [1.807, 2.05) is 43.1 Å². The lowest BCUT2D eigenvalue weighted by molar-refractivity contribution is -0.154. The SMILES string of the molecule is CC(C)[C@H](CO)N1C(=O)[C@@H]2[C@H]3C(=O)OCCC=C[C@H]3S[C@@]23C=CCN(C2CCCCC2)C(=O)C13. The predicted octanol–water partition coefficient (Wildman–Crippen LogP) is 2.53. The Bertz CT molecular complexity index is 898. The molecule has 0 aromatic carbocycles. The number of carbonyl (C=O) groups excluding carboxylic acids is 3. The standard InChI is InChI=1S/C26H36N2O5S/c1-16(2)18(15-29)28-22-24(31)27(17-9-4-3-5-10-17)13-8-12-26(22)21(23(28)30)20-19(34-26)11-6-7-14-33-25(20)32/h6,8,11-12,16-22,29H,3-5,7,9-10,13-15H2,1-2H3/t18-,19+,20-,21-,22?,26-/m0/s1. The van der Waals surface area contributed by atoms with Gasteiger partial charge in [-0.05, 0) is 25.2 Å². The van der Waals surface area contributed by atoms with Gasteiger partial charge in [0, 0.05) is 17.8 Å². The second-order valence-electron chi connectivity index (χ2n) is 10.7. The summed E-state index contributed by atoms with van der Waals surface area (Å²) >= 11 is 1.57. The molecule has 1 unspecified atom stereocenters. The minimum absolute atomic E-state index is 0.0297. The molecule has 1 saturated carbocycles. The topological polar surface area (TPSA) is 87.2 Å². The Balaban J connectivity index is 1.62. The third-order valence-corrected chi connectivity index (χ3v) is 10.2. The molecular weight excluding hydrogens is 452 g/mol. The first-order valence-corrected chi connectivity index (χ1v) is 13.7. The van der Waals surface area contributed by atoms with Crippen molar-refractivity contribution in [1.82, 2.24) is 9.80 Å². The molecule has 1 N–H and O–H groups in total. The smallest absolute Gasteiger partial charge is 0.311 e. The summed E-state index contributed by atoms with van der Waals surface area (Å²) in [5, 5.41) is 10.1. The highest BCUT2D eigenvalue weighted by Gasteiger charge is 2.72. The van der Waals surface area contributed by atoms with E-state index in [0.717, 1.165) is 25.7 Å². The number of hydrogen-bond acceptors (Lipinski definition) is 6. The van der Waals surface area contributed by atoms with E-state index in [1.54, 1.807) is 16.7 Å². The number of amides is 2. The van der Waals surface area contributed by atoms with Gasteiger partial charge in [-0.1, -0.05) is 57.4 Å². The molecular formula is C26H36N2O5S. The van der Waals surface area contributed by atoms with Crippen molar-refractivity contribution in [2.45, 2.75) is 80.5 Å². The number of cyclic esters (lactones) is 1. The van der Waals surface area contributed by atoms with E-state index in [9.17, 15) is 19.5 Å². The van der Waals surface area contributed by atoms with E-state index in [0.29, 0.717) is 19.6 Å². The lowest BCUT2D eigenvalue weighted by Gasteiger charge is -2.42. The molecule has 0 bridgehead atoms. The summed E-state index contributed by atoms with van der Waals surface area (Å²) in [6.45, 7) is 4.55. The fourth-order valence-electron chi connectivity index (χ4n) is 6.76. The van der Waals surface area contributed by atoms with Gasteiger partial charge in [-0.3, -0.25) is 14.4 Å². The Labute approximate surface area is 205 Å². The van der Waals surface area contributed by atoms with E-state index in [1.165, 1.54) is 6.42 Å². The van der Waals surface area contributed by atoms with E-state index in [4.69, 9.17) is 4.74 Å². The maximum Gasteiger partial charge on any atom is 0.311 e. The van der Waals surface area contributed by atoms with Crippen molar-refractivity contribution in [1.29, 1.82) is 0 Å². The van der Waals surface area contributed by atoms with Crippen LogP contribution >= 0.6 is 11.8 Å². The van der Waals surface area contributed by atoms with E-state index in [-0.39, 0.29) is 41.6 Å². The van der Waals surface area contributed by atoms with Crippen LogP contribution in [-0.4, -0.2) is 80.6 Å². The number of carbonyl (C=O) groups is 3. The lowest BCUT2D eigenvalue weighted by Crippen LogP contribution is -2.59. The lowest BCUT2D eigenvalue weighted by atomic mass is 9.78. The monoisotopic (exact) mass is 488 g/mol. The molecule has 7 nitrogen and oxygen atoms in total. The predicted molar refractivity (Wildman–Crippen MR) is 130 cm³/mol. The number of fused-ring (bicyclic) bond motifs is 2. The molecule has 6 atom stereocenters. The molecule has 5 aliphatic rings. The molecule has 0 aromatic rings. The quantitative estimate of drug-likeness (QED) is 0.483. The molecule has 2 saturated heterocycles. The van der Waals surface area contributed by atoms with Gasteiger partial charge in [0.1, 0.15) is 6.04 Å². The van der Waals surface area contributed by atoms with Gasteiger partial charge in [-0.15, -0.1) is 11.8 Å². The Morgan fingerprint density at radius 1 is 1.15 bits per heavy atom. The van der Waals surface area contributed by atoms with E-state index in [2.05, 4.69) is 0 Å². The molecule has 5 rings (SSSR count). The van der Waals surface area contributed by atoms with Crippen molar-refractivity contribution in [2.24, 2.45) is 17.8 Å². The molecule has 186 valence electrons. The molecule has 4 aliphatic heterocycles. The van der Waals surface area contributed by atoms with Gasteiger partial charge in [0.2, 0.25) is 11.8 Å². The van der Waals surface area contributed by atoms with Crippen molar-refractivity contribution in [3.8, 4) is 0 Å². The number of ether oxygens (including phenoxy) is 1. The molecule has 4 heterocycles. The van der Waals surface area contributed by atoms with E-state index >= 15 is 0 Å². The van der Waals surface area contributed by atoms with Crippen LogP contribution in [-0.2, 0) is 19.1 Å². The second-order valence-corrected chi connectivity index (χ2v) is 12.1. The first kappa shape index (κ1) is 23.9. The van der Waals surface area contributed by atoms with Crippen LogP contribution in [0.3, 0.4) is 0 Å². The Kier molecular flexibility index (Phi) is 6.57. The third kappa shape index (κ3) is 3.63. The van der Waals surface area contributed by atoms with Crippen LogP contribution in [0.15, 0.2) is 24.3 Å². The summed E-state index contributed by atoms with van der Waals surface area (Å²) in [4.78, 5) is 45.3. The molecule has 34 heavy (non-hydrogen) atoms. The molecule has 2 amide bonds. The van der Waals surface area contributed by atoms with Crippen LogP contribution in [0.2, 0.25) is 0 Å². The maximum atomic E-state index is 14.3. The summed E-state index contributed by atoms with van der Waals surface area (Å²) < 4.78 is 4.69. The van der Waals surface area contributed by atoms with Gasteiger partial charge in [-0.25, -0.2) is 0 Å². The number of aliphatic hydroxyl groups excluding tert-OH is 1. The zero-order valence-electron chi connectivity index (χ0n) is 20.1. The fourth-order valence-corrected chi connectivity index (χ4v) is 8.75. The van der Waals surface area contributed by atoms with E-state index < -0.39 is 28.7 Å². The average molecular weight is 489 g/mol. The molecule has 3 fully saturated rings. The number of esters is 1. The van der Waals surface area contributed by atoms with Crippen molar-refractivity contribution >= 4 is 29.5 Å². The third-order valence-electron chi connectivity index (χ3n) is 8.42. The summed E-state index contributed by atoms with van der Waals surface area (Å²) in [7, 11) is 0. The van der Waals surface area contributed by atoms with Crippen LogP contribution < -0.4 is 0 Å². The summed E-state index contributed by atoms with van der Waals surface area (Å²) in [5.74, 6) is -1.93. The van der Waals surface area contributed by atoms with Crippen molar-refractivity contribution in [2.75, 3.05) is 19.8 Å². The average Bonchev–Trinajstić information content (AvgIpc) is 3.19. The van der Waals surface area contributed by atoms with Crippen molar-refractivity contribution in [3.05, 3.63) is 24.3 Å². The Morgan fingerprint density at radius 3 is 2.62 bits per heavy atom. The van der Waals surface area contributed by atoms with Crippen LogP contribution in [0, 0.1) is 17.8 Å². The number of thioether (sulfide) groups is 1. The highest BCUT2D eigenvalue weighted by atomic mass is 32.2. The van der Waals surface area contributed by atoms with Gasteiger partial charge in [-0.2, -0.15) is 0 Å². The molecule has 1 aliphatic carbocycles. The summed E-state index contributed by atoms with van der Waals surface area (Å²) in [6.07, 6.45) is 14.2. The largest absolute Gasteiger partial charge is 0.465 e. The Morgan fingerprint density at radius 2 is 1.91 bits per heavy atom. The molecule has 0 aromatic heterocycles. The number of hydrogen-bond donors (Lipinski definition) is 1. The van der Waals surface area contributed by atoms with Gasteiger partial charge in [0.15, 0.2) is 0 Å². The summed E-state index contributed by atoms with van der Waals surface area (Å²) in [6, 6.07) is -1.04. The first-order chi connectivity index (χ1) is 16.4. The van der Waals surface area contributed by atoms with Crippen LogP contribution in [0.5, 0.6) is 0 Å². The molecule has 0 radical (unpaired) electrons. The molecule has 1 spiro atoms. The van der Waals surface area contributed by atoms with Crippen LogP contribution in [0.1, 0.15) is 52.4 Å².